The summed E-state index contributed by atoms with van der Waals surface area (Å²) in [7, 11) is 0. The number of aryl methyl sites for hydroxylation is 2. The molecule has 0 bridgehead atoms. The number of pyridine rings is 2. The number of carbonyl (C=O) groups is 1. The number of aromatic nitrogens is 2. The van der Waals surface area contributed by atoms with Crippen molar-refractivity contribution in [2.45, 2.75) is 32.1 Å². The second-order valence-electron chi connectivity index (χ2n) is 7.28. The average Bonchev–Trinajstić information content (AvgIpc) is 2.72. The van der Waals surface area contributed by atoms with Crippen LogP contribution in [0.1, 0.15) is 45.9 Å². The largest absolute Gasteiger partial charge is 0.478 e. The van der Waals surface area contributed by atoms with Crippen molar-refractivity contribution >= 4 is 11.7 Å². The summed E-state index contributed by atoms with van der Waals surface area (Å²) in [6, 6.07) is 13.4. The van der Waals surface area contributed by atoms with E-state index in [1.165, 1.54) is 23.4 Å². The number of hydrogen-bond donors (Lipinski definition) is 2. The molecule has 3 aromatic rings. The van der Waals surface area contributed by atoms with E-state index in [2.05, 4.69) is 27.4 Å². The van der Waals surface area contributed by atoms with Crippen LogP contribution in [-0.4, -0.2) is 27.6 Å². The number of nitrogens with zero attached hydrogens (tertiary/aromatic N) is 2. The van der Waals surface area contributed by atoms with E-state index in [1.54, 1.807) is 6.20 Å². The molecule has 1 aliphatic rings. The van der Waals surface area contributed by atoms with Crippen LogP contribution in [0.4, 0.5) is 5.69 Å². The van der Waals surface area contributed by atoms with Gasteiger partial charge in [-0.25, -0.2) is 9.78 Å². The van der Waals surface area contributed by atoms with Gasteiger partial charge in [-0.1, -0.05) is 12.1 Å². The van der Waals surface area contributed by atoms with Gasteiger partial charge in [0.2, 0.25) is 5.88 Å². The molecular weight excluding hydrogens is 366 g/mol. The smallest absolute Gasteiger partial charge is 0.337 e. The maximum atomic E-state index is 11.4. The van der Waals surface area contributed by atoms with Crippen LogP contribution in [0, 0.1) is 6.92 Å². The third-order valence-corrected chi connectivity index (χ3v) is 5.23. The Morgan fingerprint density at radius 3 is 3.00 bits per heavy atom. The highest BCUT2D eigenvalue weighted by Gasteiger charge is 2.21. The number of carboxylic acids is 1. The topological polar surface area (TPSA) is 84.3 Å². The first-order valence-corrected chi connectivity index (χ1v) is 9.75. The van der Waals surface area contributed by atoms with Crippen LogP contribution in [0.15, 0.2) is 54.9 Å². The molecule has 0 amide bonds. The van der Waals surface area contributed by atoms with Crippen molar-refractivity contribution in [3.05, 3.63) is 77.2 Å². The number of rotatable bonds is 6. The van der Waals surface area contributed by atoms with Gasteiger partial charge in [-0.05, 0) is 61.6 Å². The molecule has 2 aromatic heterocycles. The molecule has 0 saturated carbocycles. The van der Waals surface area contributed by atoms with Crippen molar-refractivity contribution in [1.29, 1.82) is 0 Å². The maximum absolute atomic E-state index is 11.4. The highest BCUT2D eigenvalue weighted by Crippen LogP contribution is 2.35. The molecule has 148 valence electrons. The first-order chi connectivity index (χ1) is 14.1. The number of hydrogen-bond acceptors (Lipinski definition) is 5. The summed E-state index contributed by atoms with van der Waals surface area (Å²) >= 11 is 0. The van der Waals surface area contributed by atoms with Crippen LogP contribution in [0.2, 0.25) is 0 Å². The molecule has 1 aliphatic carbocycles. The SMILES string of the molecule is Cc1cccc(Oc2ccc3c(c2)CCCC3CNc2cnccc2C(=O)O)n1. The van der Waals surface area contributed by atoms with E-state index in [9.17, 15) is 9.90 Å². The molecule has 2 heterocycles. The van der Waals surface area contributed by atoms with Gasteiger partial charge in [-0.15, -0.1) is 0 Å². The second-order valence-corrected chi connectivity index (χ2v) is 7.28. The zero-order chi connectivity index (χ0) is 20.2. The quantitative estimate of drug-likeness (QED) is 0.629. The van der Waals surface area contributed by atoms with Gasteiger partial charge in [0.1, 0.15) is 5.75 Å². The Balaban J connectivity index is 1.49. The highest BCUT2D eigenvalue weighted by molar-refractivity contribution is 5.93. The highest BCUT2D eigenvalue weighted by atomic mass is 16.5. The van der Waals surface area contributed by atoms with Crippen molar-refractivity contribution < 1.29 is 14.6 Å². The van der Waals surface area contributed by atoms with Crippen LogP contribution >= 0.6 is 0 Å². The lowest BCUT2D eigenvalue weighted by molar-refractivity contribution is 0.0697. The summed E-state index contributed by atoms with van der Waals surface area (Å²) in [5, 5.41) is 12.6. The van der Waals surface area contributed by atoms with E-state index < -0.39 is 5.97 Å². The summed E-state index contributed by atoms with van der Waals surface area (Å²) in [5.41, 5.74) is 4.28. The lowest BCUT2D eigenvalue weighted by Crippen LogP contribution is -2.19. The number of anilines is 1. The number of aromatic carboxylic acids is 1. The number of ether oxygens (including phenoxy) is 1. The molecule has 0 radical (unpaired) electrons. The van der Waals surface area contributed by atoms with Gasteiger partial charge < -0.3 is 15.2 Å². The van der Waals surface area contributed by atoms with Crippen molar-refractivity contribution in [3.63, 3.8) is 0 Å². The predicted molar refractivity (Wildman–Crippen MR) is 111 cm³/mol. The molecule has 2 N–H and O–H groups in total. The van der Waals surface area contributed by atoms with E-state index in [4.69, 9.17) is 4.74 Å². The lowest BCUT2D eigenvalue weighted by Gasteiger charge is -2.26. The Hall–Kier alpha value is -3.41. The van der Waals surface area contributed by atoms with Crippen LogP contribution in [0.25, 0.3) is 0 Å². The summed E-state index contributed by atoms with van der Waals surface area (Å²) in [5.74, 6) is 0.741. The van der Waals surface area contributed by atoms with Gasteiger partial charge in [0.05, 0.1) is 17.4 Å². The van der Waals surface area contributed by atoms with Gasteiger partial charge in [0.15, 0.2) is 0 Å². The van der Waals surface area contributed by atoms with Gasteiger partial charge in [-0.2, -0.15) is 0 Å². The fraction of sp³-hybridized carbons (Fsp3) is 0.261. The zero-order valence-electron chi connectivity index (χ0n) is 16.3. The van der Waals surface area contributed by atoms with Crippen LogP contribution in [-0.2, 0) is 6.42 Å². The van der Waals surface area contributed by atoms with Gasteiger partial charge >= 0.3 is 5.97 Å². The molecule has 6 heteroatoms. The second kappa shape index (κ2) is 8.31. The Kier molecular flexibility index (Phi) is 5.42. The van der Waals surface area contributed by atoms with Crippen molar-refractivity contribution in [1.82, 2.24) is 9.97 Å². The minimum Gasteiger partial charge on any atom is -0.478 e. The van der Waals surface area contributed by atoms with E-state index in [1.807, 2.05) is 31.2 Å². The molecule has 4 rings (SSSR count). The summed E-state index contributed by atoms with van der Waals surface area (Å²) in [6.45, 7) is 2.61. The van der Waals surface area contributed by atoms with E-state index in [-0.39, 0.29) is 5.56 Å². The van der Waals surface area contributed by atoms with Crippen LogP contribution in [0.5, 0.6) is 11.6 Å². The minimum atomic E-state index is -0.953. The van der Waals surface area contributed by atoms with E-state index >= 15 is 0 Å². The average molecular weight is 389 g/mol. The van der Waals surface area contributed by atoms with E-state index in [0.717, 1.165) is 30.7 Å². The standard InChI is InChI=1S/C23H23N3O3/c1-15-4-2-7-22(26-15)29-18-8-9-19-16(12-18)5-3-6-17(19)13-25-21-14-24-11-10-20(21)23(27)28/h2,4,7-12,14,17,25H,3,5-6,13H2,1H3,(H,27,28). The number of fused-ring (bicyclic) bond motifs is 1. The van der Waals surface area contributed by atoms with Crippen molar-refractivity contribution in [2.75, 3.05) is 11.9 Å². The third kappa shape index (κ3) is 4.37. The predicted octanol–water partition coefficient (Wildman–Crippen LogP) is 4.81. The van der Waals surface area contributed by atoms with Gasteiger partial charge in [0, 0.05) is 30.4 Å². The van der Waals surface area contributed by atoms with Crippen LogP contribution in [0.3, 0.4) is 0 Å². The number of nitrogens with one attached hydrogen (secondary N) is 1. The minimum absolute atomic E-state index is 0.241. The first kappa shape index (κ1) is 18.9. The number of carboxylic acid groups (broad SMARTS) is 1. The molecule has 1 atom stereocenters. The Labute approximate surface area is 169 Å². The van der Waals surface area contributed by atoms with Gasteiger partial charge in [0.25, 0.3) is 0 Å². The Morgan fingerprint density at radius 1 is 1.28 bits per heavy atom. The zero-order valence-corrected chi connectivity index (χ0v) is 16.3. The molecule has 0 aliphatic heterocycles. The third-order valence-electron chi connectivity index (χ3n) is 5.23. The summed E-state index contributed by atoms with van der Waals surface area (Å²) in [4.78, 5) is 19.8. The molecule has 0 fully saturated rings. The van der Waals surface area contributed by atoms with Crippen molar-refractivity contribution in [2.24, 2.45) is 0 Å². The first-order valence-electron chi connectivity index (χ1n) is 9.75. The normalized spacial score (nSPS) is 15.4. The lowest BCUT2D eigenvalue weighted by atomic mass is 9.82. The molecule has 1 unspecified atom stereocenters. The Bertz CT molecular complexity index is 1040. The van der Waals surface area contributed by atoms with Crippen LogP contribution < -0.4 is 10.1 Å². The van der Waals surface area contributed by atoms with E-state index in [0.29, 0.717) is 24.0 Å². The van der Waals surface area contributed by atoms with Gasteiger partial charge in [-0.3, -0.25) is 4.98 Å². The molecule has 6 nitrogen and oxygen atoms in total. The fourth-order valence-electron chi connectivity index (χ4n) is 3.82. The number of benzene rings is 1. The molecule has 0 spiro atoms. The maximum Gasteiger partial charge on any atom is 0.337 e. The monoisotopic (exact) mass is 389 g/mol. The fourth-order valence-corrected chi connectivity index (χ4v) is 3.82. The molecular formula is C23H23N3O3. The van der Waals surface area contributed by atoms with Crippen molar-refractivity contribution in [3.8, 4) is 11.6 Å². The summed E-state index contributed by atoms with van der Waals surface area (Å²) in [6.07, 6.45) is 6.22. The summed E-state index contributed by atoms with van der Waals surface area (Å²) < 4.78 is 5.93. The molecule has 29 heavy (non-hydrogen) atoms. The molecule has 0 saturated heterocycles. The molecule has 1 aromatic carbocycles. The Morgan fingerprint density at radius 2 is 2.17 bits per heavy atom.